The van der Waals surface area contributed by atoms with E-state index in [0.29, 0.717) is 18.6 Å². The average Bonchev–Trinajstić information content (AvgIpc) is 2.84. The number of hydrogen-bond acceptors (Lipinski definition) is 4. The van der Waals surface area contributed by atoms with E-state index >= 15 is 0 Å². The van der Waals surface area contributed by atoms with Crippen molar-refractivity contribution in [2.24, 2.45) is 5.73 Å². The van der Waals surface area contributed by atoms with Crippen molar-refractivity contribution in [2.45, 2.75) is 31.8 Å². The number of thiophene rings is 1. The van der Waals surface area contributed by atoms with Crippen molar-refractivity contribution in [3.8, 4) is 0 Å². The van der Waals surface area contributed by atoms with Gasteiger partial charge in [-0.1, -0.05) is 6.07 Å². The van der Waals surface area contributed by atoms with Gasteiger partial charge in [0.25, 0.3) is 0 Å². The molecule has 18 heavy (non-hydrogen) atoms. The van der Waals surface area contributed by atoms with E-state index in [9.17, 15) is 4.79 Å². The fourth-order valence-corrected chi connectivity index (χ4v) is 3.20. The molecule has 0 bridgehead atoms. The van der Waals surface area contributed by atoms with Crippen LogP contribution in [0.15, 0.2) is 17.5 Å². The van der Waals surface area contributed by atoms with Gasteiger partial charge in [-0.3, -0.25) is 9.69 Å². The summed E-state index contributed by atoms with van der Waals surface area (Å²) in [5.74, 6) is -0.228. The Morgan fingerprint density at radius 1 is 1.61 bits per heavy atom. The molecule has 1 aliphatic heterocycles. The molecule has 1 atom stereocenters. The molecule has 5 heteroatoms. The molecule has 0 aliphatic carbocycles. The normalized spacial score (nSPS) is 19.8. The second-order valence-electron chi connectivity index (χ2n) is 4.92. The first-order chi connectivity index (χ1) is 8.65. The molecule has 100 valence electrons. The zero-order valence-electron chi connectivity index (χ0n) is 10.8. The molecule has 1 amide bonds. The lowest BCUT2D eigenvalue weighted by Gasteiger charge is -2.33. The topological polar surface area (TPSA) is 58.4 Å². The third-order valence-corrected chi connectivity index (χ3v) is 4.48. The van der Waals surface area contributed by atoms with E-state index in [1.165, 1.54) is 4.88 Å². The predicted molar refractivity (Wildman–Crippen MR) is 74.5 cm³/mol. The number of likely N-dealkylation sites (tertiary alicyclic amines) is 1. The van der Waals surface area contributed by atoms with Crippen molar-refractivity contribution in [3.63, 3.8) is 0 Å². The number of carbonyl (C=O) groups is 1. The SMILES string of the molecule is CC(NC1CCN(CC(N)=O)CC1)c1cccs1. The van der Waals surface area contributed by atoms with Gasteiger partial charge in [-0.25, -0.2) is 0 Å². The summed E-state index contributed by atoms with van der Waals surface area (Å²) in [6.45, 7) is 4.52. The summed E-state index contributed by atoms with van der Waals surface area (Å²) >= 11 is 1.79. The van der Waals surface area contributed by atoms with Crippen molar-refractivity contribution in [1.29, 1.82) is 0 Å². The second kappa shape index (κ2) is 6.31. The first-order valence-corrected chi connectivity index (χ1v) is 7.33. The Labute approximate surface area is 112 Å². The van der Waals surface area contributed by atoms with Crippen LogP contribution in [0.5, 0.6) is 0 Å². The van der Waals surface area contributed by atoms with E-state index in [0.717, 1.165) is 25.9 Å². The van der Waals surface area contributed by atoms with Crippen LogP contribution in [0.2, 0.25) is 0 Å². The molecule has 0 saturated carbocycles. The van der Waals surface area contributed by atoms with Gasteiger partial charge >= 0.3 is 0 Å². The van der Waals surface area contributed by atoms with Crippen LogP contribution in [0, 0.1) is 0 Å². The van der Waals surface area contributed by atoms with Gasteiger partial charge in [0.2, 0.25) is 5.91 Å². The van der Waals surface area contributed by atoms with Crippen LogP contribution in [-0.4, -0.2) is 36.5 Å². The minimum atomic E-state index is -0.228. The quantitative estimate of drug-likeness (QED) is 0.846. The fourth-order valence-electron chi connectivity index (χ4n) is 2.45. The van der Waals surface area contributed by atoms with Crippen LogP contribution < -0.4 is 11.1 Å². The number of nitrogens with two attached hydrogens (primary N) is 1. The highest BCUT2D eigenvalue weighted by Crippen LogP contribution is 2.21. The summed E-state index contributed by atoms with van der Waals surface area (Å²) in [5.41, 5.74) is 5.21. The summed E-state index contributed by atoms with van der Waals surface area (Å²) in [6, 6.07) is 5.22. The Balaban J connectivity index is 1.75. The molecule has 1 fully saturated rings. The number of hydrogen-bond donors (Lipinski definition) is 2. The van der Waals surface area contributed by atoms with Gasteiger partial charge in [-0.05, 0) is 31.2 Å². The maximum Gasteiger partial charge on any atom is 0.231 e. The molecule has 0 spiro atoms. The van der Waals surface area contributed by atoms with Crippen molar-refractivity contribution >= 4 is 17.2 Å². The van der Waals surface area contributed by atoms with E-state index in [1.54, 1.807) is 11.3 Å². The zero-order chi connectivity index (χ0) is 13.0. The third kappa shape index (κ3) is 3.80. The molecule has 0 radical (unpaired) electrons. The zero-order valence-corrected chi connectivity index (χ0v) is 11.6. The number of amides is 1. The van der Waals surface area contributed by atoms with Crippen molar-refractivity contribution in [2.75, 3.05) is 19.6 Å². The number of rotatable bonds is 5. The highest BCUT2D eigenvalue weighted by molar-refractivity contribution is 7.10. The van der Waals surface area contributed by atoms with Crippen LogP contribution in [0.1, 0.15) is 30.7 Å². The van der Waals surface area contributed by atoms with Crippen molar-refractivity contribution in [1.82, 2.24) is 10.2 Å². The van der Waals surface area contributed by atoms with E-state index < -0.39 is 0 Å². The van der Waals surface area contributed by atoms with Crippen LogP contribution in [-0.2, 0) is 4.79 Å². The Kier molecular flexibility index (Phi) is 4.74. The lowest BCUT2D eigenvalue weighted by molar-refractivity contribution is -0.119. The third-order valence-electron chi connectivity index (χ3n) is 3.42. The van der Waals surface area contributed by atoms with Gasteiger partial charge in [0.15, 0.2) is 0 Å². The van der Waals surface area contributed by atoms with Gasteiger partial charge in [-0.2, -0.15) is 0 Å². The Hall–Kier alpha value is -0.910. The molecule has 1 unspecified atom stereocenters. The summed E-state index contributed by atoms with van der Waals surface area (Å²) in [6.07, 6.45) is 2.17. The van der Waals surface area contributed by atoms with Gasteiger partial charge in [-0.15, -0.1) is 11.3 Å². The van der Waals surface area contributed by atoms with Crippen LogP contribution >= 0.6 is 11.3 Å². The molecule has 4 nitrogen and oxygen atoms in total. The van der Waals surface area contributed by atoms with Crippen molar-refractivity contribution in [3.05, 3.63) is 22.4 Å². The number of piperidine rings is 1. The molecule has 1 aromatic rings. The molecule has 2 rings (SSSR count). The fraction of sp³-hybridized carbons (Fsp3) is 0.615. The first kappa shape index (κ1) is 13.5. The van der Waals surface area contributed by atoms with Gasteiger partial charge in [0.05, 0.1) is 6.54 Å². The van der Waals surface area contributed by atoms with E-state index in [1.807, 2.05) is 0 Å². The summed E-state index contributed by atoms with van der Waals surface area (Å²) < 4.78 is 0. The lowest BCUT2D eigenvalue weighted by atomic mass is 10.0. The minimum absolute atomic E-state index is 0.228. The van der Waals surface area contributed by atoms with Gasteiger partial charge < -0.3 is 11.1 Å². The maximum absolute atomic E-state index is 10.8. The van der Waals surface area contributed by atoms with Crippen LogP contribution in [0.4, 0.5) is 0 Å². The highest BCUT2D eigenvalue weighted by atomic mass is 32.1. The van der Waals surface area contributed by atoms with Crippen molar-refractivity contribution < 1.29 is 4.79 Å². The van der Waals surface area contributed by atoms with Gasteiger partial charge in [0, 0.05) is 30.1 Å². The summed E-state index contributed by atoms with van der Waals surface area (Å²) in [5, 5.41) is 5.78. The summed E-state index contributed by atoms with van der Waals surface area (Å²) in [7, 11) is 0. The van der Waals surface area contributed by atoms with E-state index in [4.69, 9.17) is 5.73 Å². The Morgan fingerprint density at radius 3 is 2.89 bits per heavy atom. The molecular formula is C13H21N3OS. The maximum atomic E-state index is 10.8. The van der Waals surface area contributed by atoms with Crippen LogP contribution in [0.25, 0.3) is 0 Å². The standard InChI is InChI=1S/C13H21N3OS/c1-10(12-3-2-8-18-12)15-11-4-6-16(7-5-11)9-13(14)17/h2-3,8,10-11,15H,4-7,9H2,1H3,(H2,14,17). The second-order valence-corrected chi connectivity index (χ2v) is 5.90. The van der Waals surface area contributed by atoms with Gasteiger partial charge in [0.1, 0.15) is 0 Å². The number of primary amides is 1. The van der Waals surface area contributed by atoms with E-state index in [-0.39, 0.29) is 5.91 Å². The molecule has 2 heterocycles. The smallest absolute Gasteiger partial charge is 0.231 e. The lowest BCUT2D eigenvalue weighted by Crippen LogP contribution is -2.45. The molecule has 1 aliphatic rings. The molecule has 1 aromatic heterocycles. The highest BCUT2D eigenvalue weighted by Gasteiger charge is 2.21. The number of nitrogens with one attached hydrogen (secondary N) is 1. The largest absolute Gasteiger partial charge is 0.369 e. The van der Waals surface area contributed by atoms with E-state index in [2.05, 4.69) is 34.7 Å². The molecule has 1 saturated heterocycles. The minimum Gasteiger partial charge on any atom is -0.369 e. The molecule has 0 aromatic carbocycles. The molecule has 3 N–H and O–H groups in total. The average molecular weight is 267 g/mol. The van der Waals surface area contributed by atoms with Crippen LogP contribution in [0.3, 0.4) is 0 Å². The molecular weight excluding hydrogens is 246 g/mol. The monoisotopic (exact) mass is 267 g/mol. The Morgan fingerprint density at radius 2 is 2.33 bits per heavy atom. The number of carbonyl (C=O) groups excluding carboxylic acids is 1. The summed E-state index contributed by atoms with van der Waals surface area (Å²) in [4.78, 5) is 14.4. The Bertz CT molecular complexity index is 372. The number of nitrogens with zero attached hydrogens (tertiary/aromatic N) is 1. The predicted octanol–water partition coefficient (Wildman–Crippen LogP) is 1.35. The first-order valence-electron chi connectivity index (χ1n) is 6.45.